The molecule has 0 saturated heterocycles. The summed E-state index contributed by atoms with van der Waals surface area (Å²) in [7, 11) is 0. The fourth-order valence-electron chi connectivity index (χ4n) is 2.02. The van der Waals surface area contributed by atoms with Gasteiger partial charge in [0.1, 0.15) is 11.8 Å². The quantitative estimate of drug-likeness (QED) is 0.806. The van der Waals surface area contributed by atoms with Gasteiger partial charge in [0.2, 0.25) is 0 Å². The number of nitriles is 1. The lowest BCUT2D eigenvalue weighted by atomic mass is 10.0. The van der Waals surface area contributed by atoms with Gasteiger partial charge in [-0.25, -0.2) is 4.98 Å². The molecule has 1 rings (SSSR count). The van der Waals surface area contributed by atoms with Crippen LogP contribution < -0.4 is 0 Å². The zero-order chi connectivity index (χ0) is 15.1. The van der Waals surface area contributed by atoms with Gasteiger partial charge in [-0.15, -0.1) is 0 Å². The maximum Gasteiger partial charge on any atom is 0.272 e. The highest BCUT2D eigenvalue weighted by Crippen LogP contribution is 2.16. The summed E-state index contributed by atoms with van der Waals surface area (Å²) in [6, 6.07) is 5.01. The molecule has 1 amide bonds. The molecule has 0 unspecified atom stereocenters. The molecule has 5 heteroatoms. The van der Waals surface area contributed by atoms with Crippen LogP contribution in [0.2, 0.25) is 5.02 Å². The highest BCUT2D eigenvalue weighted by atomic mass is 35.5. The standard InChI is InChI=1S/C15H20ClN3O/c1-4-11(5-2)10-19(6-3)15(20)13-8-7-12(16)14(9-17)18-13/h7-8,11H,4-6,10H2,1-3H3. The minimum absolute atomic E-state index is 0.0936. The van der Waals surface area contributed by atoms with Crippen molar-refractivity contribution in [1.82, 2.24) is 9.88 Å². The molecule has 1 heterocycles. The number of rotatable bonds is 6. The Balaban J connectivity index is 2.94. The lowest BCUT2D eigenvalue weighted by Crippen LogP contribution is -2.35. The van der Waals surface area contributed by atoms with Gasteiger partial charge in [-0.1, -0.05) is 38.3 Å². The second kappa shape index (κ2) is 7.86. The second-order valence-electron chi connectivity index (χ2n) is 4.67. The zero-order valence-corrected chi connectivity index (χ0v) is 12.9. The molecule has 0 N–H and O–H groups in total. The number of carbonyl (C=O) groups excluding carboxylic acids is 1. The van der Waals surface area contributed by atoms with E-state index in [4.69, 9.17) is 16.9 Å². The summed E-state index contributed by atoms with van der Waals surface area (Å²) in [5.74, 6) is 0.342. The van der Waals surface area contributed by atoms with Crippen LogP contribution in [0.25, 0.3) is 0 Å². The third-order valence-electron chi connectivity index (χ3n) is 3.47. The summed E-state index contributed by atoms with van der Waals surface area (Å²) < 4.78 is 0. The number of aromatic nitrogens is 1. The van der Waals surface area contributed by atoms with E-state index >= 15 is 0 Å². The van der Waals surface area contributed by atoms with Crippen molar-refractivity contribution < 1.29 is 4.79 Å². The minimum atomic E-state index is -0.146. The molecule has 0 spiro atoms. The summed E-state index contributed by atoms with van der Waals surface area (Å²) in [4.78, 5) is 18.2. The van der Waals surface area contributed by atoms with E-state index in [0.717, 1.165) is 12.8 Å². The molecular formula is C15H20ClN3O. The Morgan fingerprint density at radius 1 is 1.40 bits per heavy atom. The first kappa shape index (κ1) is 16.5. The van der Waals surface area contributed by atoms with Crippen LogP contribution in [0, 0.1) is 17.2 Å². The second-order valence-corrected chi connectivity index (χ2v) is 5.07. The highest BCUT2D eigenvalue weighted by molar-refractivity contribution is 6.31. The van der Waals surface area contributed by atoms with Crippen molar-refractivity contribution in [3.05, 3.63) is 28.5 Å². The summed E-state index contributed by atoms with van der Waals surface area (Å²) in [5.41, 5.74) is 0.370. The molecule has 0 radical (unpaired) electrons. The normalized spacial score (nSPS) is 10.4. The van der Waals surface area contributed by atoms with Crippen molar-refractivity contribution in [2.75, 3.05) is 13.1 Å². The van der Waals surface area contributed by atoms with Crippen LogP contribution in [0.5, 0.6) is 0 Å². The fourth-order valence-corrected chi connectivity index (χ4v) is 2.16. The van der Waals surface area contributed by atoms with E-state index in [1.807, 2.05) is 13.0 Å². The Hall–Kier alpha value is -1.60. The van der Waals surface area contributed by atoms with Gasteiger partial charge in [0.05, 0.1) is 5.02 Å². The first-order chi connectivity index (χ1) is 9.57. The van der Waals surface area contributed by atoms with Gasteiger partial charge in [0, 0.05) is 13.1 Å². The molecule has 0 aliphatic carbocycles. The maximum atomic E-state index is 12.4. The lowest BCUT2D eigenvalue weighted by Gasteiger charge is -2.25. The van der Waals surface area contributed by atoms with Crippen LogP contribution >= 0.6 is 11.6 Å². The molecule has 1 aromatic heterocycles. The van der Waals surface area contributed by atoms with Crippen molar-refractivity contribution in [2.45, 2.75) is 33.6 Å². The average molecular weight is 294 g/mol. The SMILES string of the molecule is CCC(CC)CN(CC)C(=O)c1ccc(Cl)c(C#N)n1. The lowest BCUT2D eigenvalue weighted by molar-refractivity contribution is 0.0729. The van der Waals surface area contributed by atoms with Crippen molar-refractivity contribution in [3.8, 4) is 6.07 Å². The Morgan fingerprint density at radius 2 is 2.05 bits per heavy atom. The number of amides is 1. The van der Waals surface area contributed by atoms with Crippen LogP contribution in [-0.2, 0) is 0 Å². The van der Waals surface area contributed by atoms with Crippen molar-refractivity contribution in [3.63, 3.8) is 0 Å². The van der Waals surface area contributed by atoms with E-state index in [1.54, 1.807) is 17.0 Å². The van der Waals surface area contributed by atoms with Crippen molar-refractivity contribution in [2.24, 2.45) is 5.92 Å². The number of hydrogen-bond acceptors (Lipinski definition) is 3. The van der Waals surface area contributed by atoms with E-state index in [0.29, 0.717) is 19.0 Å². The monoisotopic (exact) mass is 293 g/mol. The Labute approximate surface area is 125 Å². The predicted molar refractivity (Wildman–Crippen MR) is 79.6 cm³/mol. The minimum Gasteiger partial charge on any atom is -0.337 e. The van der Waals surface area contributed by atoms with E-state index < -0.39 is 0 Å². The van der Waals surface area contributed by atoms with Crippen LogP contribution in [0.1, 0.15) is 49.8 Å². The largest absolute Gasteiger partial charge is 0.337 e. The Bertz CT molecular complexity index is 506. The van der Waals surface area contributed by atoms with E-state index in [9.17, 15) is 4.79 Å². The molecule has 0 aliphatic heterocycles. The van der Waals surface area contributed by atoms with Gasteiger partial charge in [-0.3, -0.25) is 4.79 Å². The molecule has 108 valence electrons. The molecule has 1 aromatic rings. The summed E-state index contributed by atoms with van der Waals surface area (Å²) in [5, 5.41) is 9.19. The number of carbonyl (C=O) groups is 1. The first-order valence-corrected chi connectivity index (χ1v) is 7.30. The zero-order valence-electron chi connectivity index (χ0n) is 12.2. The molecule has 20 heavy (non-hydrogen) atoms. The third-order valence-corrected chi connectivity index (χ3v) is 3.78. The summed E-state index contributed by atoms with van der Waals surface area (Å²) in [6.45, 7) is 7.54. The molecular weight excluding hydrogens is 274 g/mol. The first-order valence-electron chi connectivity index (χ1n) is 6.93. The fraction of sp³-hybridized carbons (Fsp3) is 0.533. The molecule has 0 atom stereocenters. The summed E-state index contributed by atoms with van der Waals surface area (Å²) >= 11 is 5.83. The molecule has 0 saturated carbocycles. The topological polar surface area (TPSA) is 57.0 Å². The number of halogens is 1. The van der Waals surface area contributed by atoms with Gasteiger partial charge in [0.15, 0.2) is 5.69 Å². The van der Waals surface area contributed by atoms with E-state index in [1.165, 1.54) is 0 Å². The molecule has 0 aliphatic rings. The number of nitrogens with zero attached hydrogens (tertiary/aromatic N) is 3. The van der Waals surface area contributed by atoms with Crippen LogP contribution in [0.15, 0.2) is 12.1 Å². The van der Waals surface area contributed by atoms with Crippen LogP contribution in [-0.4, -0.2) is 28.9 Å². The van der Waals surface area contributed by atoms with Gasteiger partial charge in [-0.05, 0) is 25.0 Å². The molecule has 4 nitrogen and oxygen atoms in total. The van der Waals surface area contributed by atoms with E-state index in [-0.39, 0.29) is 22.3 Å². The van der Waals surface area contributed by atoms with Crippen LogP contribution in [0.3, 0.4) is 0 Å². The Morgan fingerprint density at radius 3 is 2.55 bits per heavy atom. The molecule has 0 bridgehead atoms. The highest BCUT2D eigenvalue weighted by Gasteiger charge is 2.19. The van der Waals surface area contributed by atoms with Gasteiger partial charge in [-0.2, -0.15) is 5.26 Å². The third kappa shape index (κ3) is 3.94. The summed E-state index contributed by atoms with van der Waals surface area (Å²) in [6.07, 6.45) is 2.08. The number of pyridine rings is 1. The smallest absolute Gasteiger partial charge is 0.272 e. The van der Waals surface area contributed by atoms with E-state index in [2.05, 4.69) is 18.8 Å². The van der Waals surface area contributed by atoms with Gasteiger partial charge >= 0.3 is 0 Å². The van der Waals surface area contributed by atoms with Gasteiger partial charge < -0.3 is 4.90 Å². The average Bonchev–Trinajstić information content (AvgIpc) is 2.48. The molecule has 0 fully saturated rings. The van der Waals surface area contributed by atoms with Crippen molar-refractivity contribution in [1.29, 1.82) is 5.26 Å². The van der Waals surface area contributed by atoms with Gasteiger partial charge in [0.25, 0.3) is 5.91 Å². The predicted octanol–water partition coefficient (Wildman–Crippen LogP) is 3.50. The number of hydrogen-bond donors (Lipinski definition) is 0. The Kier molecular flexibility index (Phi) is 6.47. The molecule has 0 aromatic carbocycles. The van der Waals surface area contributed by atoms with Crippen molar-refractivity contribution >= 4 is 17.5 Å². The van der Waals surface area contributed by atoms with Crippen LogP contribution in [0.4, 0.5) is 0 Å². The maximum absolute atomic E-state index is 12.4.